The largest absolute Gasteiger partial charge is 0.479 e. The van der Waals surface area contributed by atoms with Crippen molar-refractivity contribution < 1.29 is 14.7 Å². The normalized spacial score (nSPS) is 11.9. The number of hydrogen-bond acceptors (Lipinski definition) is 3. The van der Waals surface area contributed by atoms with Crippen molar-refractivity contribution in [2.45, 2.75) is 11.8 Å². The number of rotatable bonds is 4. The van der Waals surface area contributed by atoms with Crippen LogP contribution in [0.15, 0.2) is 24.3 Å². The molecule has 0 aliphatic carbocycles. The minimum absolute atomic E-state index is 0.0987. The molecule has 6 heteroatoms. The van der Waals surface area contributed by atoms with Crippen LogP contribution in [-0.2, 0) is 16.0 Å². The standard InChI is InChI=1S/C10H10ClNO3S/c11-7-3-1-6(2-4-7)5-8(13)12-9(16)10(14)15/h1-4,9,16H,5H2,(H,12,13)(H,14,15). The number of amides is 1. The molecule has 0 fully saturated rings. The van der Waals surface area contributed by atoms with Gasteiger partial charge in [0.25, 0.3) is 0 Å². The van der Waals surface area contributed by atoms with Crippen molar-refractivity contribution in [1.82, 2.24) is 5.32 Å². The summed E-state index contributed by atoms with van der Waals surface area (Å²) in [6.07, 6.45) is 0.0987. The molecule has 0 aromatic heterocycles. The van der Waals surface area contributed by atoms with E-state index in [2.05, 4.69) is 17.9 Å². The molecule has 1 aromatic rings. The Morgan fingerprint density at radius 2 is 1.94 bits per heavy atom. The number of halogens is 1. The highest BCUT2D eigenvalue weighted by atomic mass is 35.5. The number of benzene rings is 1. The average molecular weight is 260 g/mol. The molecule has 4 nitrogen and oxygen atoms in total. The SMILES string of the molecule is O=C(Cc1ccc(Cl)cc1)NC(S)C(=O)O. The fourth-order valence-corrected chi connectivity index (χ4v) is 1.32. The number of carbonyl (C=O) groups excluding carboxylic acids is 1. The summed E-state index contributed by atoms with van der Waals surface area (Å²) in [4.78, 5) is 21.8. The van der Waals surface area contributed by atoms with Crippen molar-refractivity contribution in [1.29, 1.82) is 0 Å². The Labute approximate surface area is 103 Å². The van der Waals surface area contributed by atoms with E-state index in [1.807, 2.05) is 0 Å². The number of carboxylic acid groups (broad SMARTS) is 1. The minimum Gasteiger partial charge on any atom is -0.479 e. The van der Waals surface area contributed by atoms with Gasteiger partial charge in [-0.05, 0) is 17.7 Å². The molecule has 0 aliphatic rings. The van der Waals surface area contributed by atoms with Gasteiger partial charge < -0.3 is 10.4 Å². The van der Waals surface area contributed by atoms with E-state index in [0.717, 1.165) is 5.56 Å². The van der Waals surface area contributed by atoms with Crippen molar-refractivity contribution in [3.05, 3.63) is 34.9 Å². The highest BCUT2D eigenvalue weighted by molar-refractivity contribution is 7.81. The van der Waals surface area contributed by atoms with Gasteiger partial charge in [0.15, 0.2) is 5.37 Å². The molecule has 0 bridgehead atoms. The van der Waals surface area contributed by atoms with Gasteiger partial charge >= 0.3 is 5.97 Å². The van der Waals surface area contributed by atoms with Crippen LogP contribution >= 0.6 is 24.2 Å². The number of thiol groups is 1. The zero-order valence-corrected chi connectivity index (χ0v) is 9.83. The maximum atomic E-state index is 11.4. The first-order chi connectivity index (χ1) is 7.49. The van der Waals surface area contributed by atoms with Crippen LogP contribution in [0, 0.1) is 0 Å². The van der Waals surface area contributed by atoms with Gasteiger partial charge in [0.2, 0.25) is 5.91 Å². The fraction of sp³-hybridized carbons (Fsp3) is 0.200. The van der Waals surface area contributed by atoms with Crippen LogP contribution in [0.1, 0.15) is 5.56 Å². The molecular weight excluding hydrogens is 250 g/mol. The smallest absolute Gasteiger partial charge is 0.336 e. The third kappa shape index (κ3) is 4.12. The van der Waals surface area contributed by atoms with Crippen LogP contribution in [0.4, 0.5) is 0 Å². The molecular formula is C10H10ClNO3S. The van der Waals surface area contributed by atoms with Crippen LogP contribution in [0.3, 0.4) is 0 Å². The molecule has 1 atom stereocenters. The molecule has 0 aliphatic heterocycles. The lowest BCUT2D eigenvalue weighted by molar-refractivity contribution is -0.138. The van der Waals surface area contributed by atoms with Crippen LogP contribution in [0.5, 0.6) is 0 Å². The Balaban J connectivity index is 2.52. The summed E-state index contributed by atoms with van der Waals surface area (Å²) in [7, 11) is 0. The van der Waals surface area contributed by atoms with Gasteiger partial charge in [-0.25, -0.2) is 4.79 Å². The van der Waals surface area contributed by atoms with Gasteiger partial charge in [-0.2, -0.15) is 0 Å². The second-order valence-electron chi connectivity index (χ2n) is 3.11. The predicted molar refractivity (Wildman–Crippen MR) is 63.7 cm³/mol. The maximum Gasteiger partial charge on any atom is 0.336 e. The molecule has 0 saturated heterocycles. The molecule has 0 saturated carbocycles. The Hall–Kier alpha value is -1.20. The summed E-state index contributed by atoms with van der Waals surface area (Å²) in [5.41, 5.74) is 0.757. The summed E-state index contributed by atoms with van der Waals surface area (Å²) >= 11 is 9.38. The van der Waals surface area contributed by atoms with E-state index in [1.165, 1.54) is 0 Å². The number of nitrogens with one attached hydrogen (secondary N) is 1. The topological polar surface area (TPSA) is 66.4 Å². The zero-order chi connectivity index (χ0) is 12.1. The van der Waals surface area contributed by atoms with E-state index >= 15 is 0 Å². The molecule has 1 unspecified atom stereocenters. The Morgan fingerprint density at radius 3 is 2.44 bits per heavy atom. The summed E-state index contributed by atoms with van der Waals surface area (Å²) in [5.74, 6) is -1.59. The van der Waals surface area contributed by atoms with Crippen LogP contribution in [0.2, 0.25) is 5.02 Å². The predicted octanol–water partition coefficient (Wildman–Crippen LogP) is 1.34. The van der Waals surface area contributed by atoms with Gasteiger partial charge in [0.05, 0.1) is 6.42 Å². The number of aliphatic carboxylic acids is 1. The first-order valence-corrected chi connectivity index (χ1v) is 5.33. The van der Waals surface area contributed by atoms with E-state index in [9.17, 15) is 9.59 Å². The molecule has 86 valence electrons. The molecule has 0 radical (unpaired) electrons. The van der Waals surface area contributed by atoms with Gasteiger partial charge in [-0.15, -0.1) is 12.6 Å². The average Bonchev–Trinajstić information content (AvgIpc) is 2.21. The molecule has 2 N–H and O–H groups in total. The molecule has 1 aromatic carbocycles. The van der Waals surface area contributed by atoms with Gasteiger partial charge in [0.1, 0.15) is 0 Å². The molecule has 16 heavy (non-hydrogen) atoms. The highest BCUT2D eigenvalue weighted by Gasteiger charge is 2.14. The zero-order valence-electron chi connectivity index (χ0n) is 8.18. The monoisotopic (exact) mass is 259 g/mol. The van der Waals surface area contributed by atoms with Crippen LogP contribution in [0.25, 0.3) is 0 Å². The van der Waals surface area contributed by atoms with Gasteiger partial charge in [-0.3, -0.25) is 4.79 Å². The van der Waals surface area contributed by atoms with Crippen molar-refractivity contribution in [2.75, 3.05) is 0 Å². The van der Waals surface area contributed by atoms with Crippen LogP contribution < -0.4 is 5.32 Å². The highest BCUT2D eigenvalue weighted by Crippen LogP contribution is 2.09. The Bertz CT molecular complexity index is 394. The Morgan fingerprint density at radius 1 is 1.38 bits per heavy atom. The number of hydrogen-bond donors (Lipinski definition) is 3. The molecule has 0 spiro atoms. The van der Waals surface area contributed by atoms with E-state index in [0.29, 0.717) is 5.02 Å². The third-order valence-corrected chi connectivity index (χ3v) is 2.41. The van der Waals surface area contributed by atoms with Crippen LogP contribution in [-0.4, -0.2) is 22.4 Å². The summed E-state index contributed by atoms with van der Waals surface area (Å²) in [6, 6.07) is 6.74. The first kappa shape index (κ1) is 12.9. The lowest BCUT2D eigenvalue weighted by Crippen LogP contribution is -2.37. The number of carbonyl (C=O) groups is 2. The first-order valence-electron chi connectivity index (χ1n) is 4.43. The molecule has 1 rings (SSSR count). The maximum absolute atomic E-state index is 11.4. The lowest BCUT2D eigenvalue weighted by Gasteiger charge is -2.08. The van der Waals surface area contributed by atoms with Crippen molar-refractivity contribution in [3.8, 4) is 0 Å². The summed E-state index contributed by atoms with van der Waals surface area (Å²) in [5, 5.41) is 10.2. The van der Waals surface area contributed by atoms with E-state index < -0.39 is 17.3 Å². The van der Waals surface area contributed by atoms with Crippen molar-refractivity contribution >= 4 is 36.1 Å². The molecule has 1 amide bonds. The summed E-state index contributed by atoms with van der Waals surface area (Å²) < 4.78 is 0. The van der Waals surface area contributed by atoms with E-state index in [-0.39, 0.29) is 6.42 Å². The quantitative estimate of drug-likeness (QED) is 0.565. The molecule has 0 heterocycles. The van der Waals surface area contributed by atoms with E-state index in [4.69, 9.17) is 16.7 Å². The van der Waals surface area contributed by atoms with Crippen molar-refractivity contribution in [2.24, 2.45) is 0 Å². The Kier molecular flexibility index (Phi) is 4.64. The van der Waals surface area contributed by atoms with E-state index in [1.54, 1.807) is 24.3 Å². The second kappa shape index (κ2) is 5.77. The van der Waals surface area contributed by atoms with Crippen molar-refractivity contribution in [3.63, 3.8) is 0 Å². The summed E-state index contributed by atoms with van der Waals surface area (Å²) in [6.45, 7) is 0. The van der Waals surface area contributed by atoms with Gasteiger partial charge in [-0.1, -0.05) is 23.7 Å². The fourth-order valence-electron chi connectivity index (χ4n) is 1.05. The number of carboxylic acids is 1. The minimum atomic E-state index is -1.19. The second-order valence-corrected chi connectivity index (χ2v) is 4.06. The third-order valence-electron chi connectivity index (χ3n) is 1.81. The van der Waals surface area contributed by atoms with Gasteiger partial charge in [0, 0.05) is 5.02 Å². The lowest BCUT2D eigenvalue weighted by atomic mass is 10.1.